The van der Waals surface area contributed by atoms with Gasteiger partial charge in [0.25, 0.3) is 0 Å². The summed E-state index contributed by atoms with van der Waals surface area (Å²) < 4.78 is 233. The Morgan fingerprint density at radius 1 is 0.451 bits per heavy atom. The van der Waals surface area contributed by atoms with Crippen molar-refractivity contribution in [3.8, 4) is 0 Å². The van der Waals surface area contributed by atoms with Crippen LogP contribution in [-0.4, -0.2) is 46.3 Å². The zero-order chi connectivity index (χ0) is 38.7. The second-order valence-corrected chi connectivity index (χ2v) is 12.6. The quantitative estimate of drug-likeness (QED) is 0.0380. The van der Waals surface area contributed by atoms with Crippen LogP contribution in [0.3, 0.4) is 0 Å². The molecule has 0 unspecified atom stereocenters. The number of imidazole rings is 1. The van der Waals surface area contributed by atoms with Gasteiger partial charge in [0.2, 0.25) is 6.33 Å². The summed E-state index contributed by atoms with van der Waals surface area (Å²) in [5.74, 6) is -47.1. The lowest BCUT2D eigenvalue weighted by molar-refractivity contribution is -0.697. The van der Waals surface area contributed by atoms with Crippen molar-refractivity contribution in [3.63, 3.8) is 0 Å². The van der Waals surface area contributed by atoms with Gasteiger partial charge in [-0.25, -0.2) is 4.57 Å². The molecular weight excluding hydrogens is 850 g/mol. The predicted octanol–water partition coefficient (Wildman–Crippen LogP) is 9.74. The third-order valence-corrected chi connectivity index (χ3v) is 8.42. The first-order valence-corrected chi connectivity index (χ1v) is 16.5. The molecular formula is C31H44F17IN2. The molecule has 1 heterocycles. The topological polar surface area (TPSA) is 8.81 Å². The van der Waals surface area contributed by atoms with E-state index in [9.17, 15) is 74.6 Å². The van der Waals surface area contributed by atoms with Gasteiger partial charge in [0.15, 0.2) is 0 Å². The molecule has 304 valence electrons. The van der Waals surface area contributed by atoms with Crippen molar-refractivity contribution >= 4 is 0 Å². The van der Waals surface area contributed by atoms with Crippen molar-refractivity contribution < 1.29 is 103 Å². The van der Waals surface area contributed by atoms with Crippen LogP contribution in [0.25, 0.3) is 0 Å². The first-order valence-electron chi connectivity index (χ1n) is 16.5. The number of hydrogen-bond acceptors (Lipinski definition) is 0. The fourth-order valence-electron chi connectivity index (χ4n) is 5.16. The maximum absolute atomic E-state index is 14.6. The Balaban J connectivity index is 0.0000250. The second-order valence-electron chi connectivity index (χ2n) is 12.6. The van der Waals surface area contributed by atoms with E-state index in [1.165, 1.54) is 44.9 Å². The number of halogens is 18. The summed E-state index contributed by atoms with van der Waals surface area (Å²) in [6.07, 6.45) is 4.73. The first kappa shape index (κ1) is 49.8. The summed E-state index contributed by atoms with van der Waals surface area (Å²) in [4.78, 5) is 0. The smallest absolute Gasteiger partial charge is 0.469 e. The molecule has 20 heteroatoms. The second kappa shape index (κ2) is 19.9. The molecule has 0 aliphatic rings. The molecule has 0 radical (unpaired) electrons. The van der Waals surface area contributed by atoms with Gasteiger partial charge in [-0.2, -0.15) is 79.2 Å². The number of nitrogens with zero attached hydrogens (tertiary/aromatic N) is 2. The van der Waals surface area contributed by atoms with Crippen LogP contribution in [-0.2, 0) is 12.6 Å². The Hall–Kier alpha value is -1.25. The van der Waals surface area contributed by atoms with Crippen molar-refractivity contribution in [1.29, 1.82) is 0 Å². The molecule has 0 aromatic carbocycles. The molecule has 0 bridgehead atoms. The molecule has 0 N–H and O–H groups in total. The van der Waals surface area contributed by atoms with Crippen molar-refractivity contribution in [1.82, 2.24) is 4.57 Å². The number of aryl methyl sites for hydroxylation is 1. The summed E-state index contributed by atoms with van der Waals surface area (Å²) >= 11 is 0. The van der Waals surface area contributed by atoms with Gasteiger partial charge in [-0.1, -0.05) is 96.8 Å². The molecule has 0 fully saturated rings. The normalized spacial score (nSPS) is 14.2. The number of unbranched alkanes of at least 4 members (excludes halogenated alkanes) is 15. The van der Waals surface area contributed by atoms with E-state index in [1.54, 1.807) is 0 Å². The standard InChI is InChI=1S/C31H44F17N2.HI/c1-2-3-4-5-6-7-8-9-10-11-12-13-14-15-16-17-20-49-21-22-50(23-49)31(47,48)30(45,46)29(43,44)28(41,42)27(39,40)26(37,38)24(32,33)18-19-25(34,35)36;/h21-23H,2-20H2,1H3;1H/q+1;/p-1. The number of alkyl halides is 17. The van der Waals surface area contributed by atoms with E-state index in [0.29, 0.717) is 19.0 Å². The van der Waals surface area contributed by atoms with E-state index in [0.717, 1.165) is 43.1 Å². The molecule has 0 saturated carbocycles. The molecule has 51 heavy (non-hydrogen) atoms. The van der Waals surface area contributed by atoms with Crippen LogP contribution < -0.4 is 28.5 Å². The Morgan fingerprint density at radius 3 is 1.20 bits per heavy atom. The van der Waals surface area contributed by atoms with Crippen molar-refractivity contribution in [2.24, 2.45) is 0 Å². The Morgan fingerprint density at radius 2 is 0.804 bits per heavy atom. The van der Waals surface area contributed by atoms with E-state index < -0.39 is 65.2 Å². The minimum absolute atomic E-state index is 0. The van der Waals surface area contributed by atoms with Gasteiger partial charge in [0.05, 0.1) is 6.54 Å². The van der Waals surface area contributed by atoms with Gasteiger partial charge in [-0.05, 0) is 12.8 Å². The molecule has 0 amide bonds. The van der Waals surface area contributed by atoms with E-state index in [1.807, 2.05) is 0 Å². The van der Waals surface area contributed by atoms with Crippen molar-refractivity contribution in [2.75, 3.05) is 0 Å². The molecule has 1 rings (SSSR count). The average molecular weight is 895 g/mol. The monoisotopic (exact) mass is 894 g/mol. The Bertz CT molecular complexity index is 1120. The zero-order valence-corrected chi connectivity index (χ0v) is 30.0. The van der Waals surface area contributed by atoms with Gasteiger partial charge < -0.3 is 24.0 Å². The van der Waals surface area contributed by atoms with E-state index >= 15 is 0 Å². The van der Waals surface area contributed by atoms with Crippen LogP contribution in [0.1, 0.15) is 122 Å². The lowest BCUT2D eigenvalue weighted by Crippen LogP contribution is -3.00. The van der Waals surface area contributed by atoms with Crippen LogP contribution in [0.15, 0.2) is 18.7 Å². The van der Waals surface area contributed by atoms with E-state index in [2.05, 4.69) is 6.92 Å². The van der Waals surface area contributed by atoms with Gasteiger partial charge >= 0.3 is 47.8 Å². The third-order valence-electron chi connectivity index (χ3n) is 8.42. The predicted molar refractivity (Wildman–Crippen MR) is 149 cm³/mol. The fourth-order valence-corrected chi connectivity index (χ4v) is 5.16. The van der Waals surface area contributed by atoms with Crippen molar-refractivity contribution in [3.05, 3.63) is 18.7 Å². The summed E-state index contributed by atoms with van der Waals surface area (Å²) in [6, 6.07) is -6.54. The van der Waals surface area contributed by atoms with Gasteiger partial charge in [-0.3, -0.25) is 0 Å². The summed E-state index contributed by atoms with van der Waals surface area (Å²) in [5, 5.41) is 0. The largest absolute Gasteiger partial charge is 1.00 e. The minimum atomic E-state index is -8.35. The fraction of sp³-hybridized carbons (Fsp3) is 0.903. The highest BCUT2D eigenvalue weighted by Crippen LogP contribution is 2.63. The molecule has 0 aliphatic carbocycles. The first-order chi connectivity index (χ1) is 22.7. The molecule has 1 aromatic heterocycles. The molecule has 0 atom stereocenters. The summed E-state index contributed by atoms with van der Waals surface area (Å²) in [7, 11) is 0. The lowest BCUT2D eigenvalue weighted by atomic mass is 9.89. The van der Waals surface area contributed by atoms with E-state index in [-0.39, 0.29) is 49.5 Å². The minimum Gasteiger partial charge on any atom is -1.00 e. The number of rotatable bonds is 26. The average Bonchev–Trinajstić information content (AvgIpc) is 3.49. The summed E-state index contributed by atoms with van der Waals surface area (Å²) in [6.45, 7) is 1.99. The highest BCUT2D eigenvalue weighted by Gasteiger charge is 2.94. The van der Waals surface area contributed by atoms with Crippen molar-refractivity contribution in [2.45, 2.75) is 177 Å². The van der Waals surface area contributed by atoms with Crippen LogP contribution in [0, 0.1) is 0 Å². The molecule has 0 spiro atoms. The maximum atomic E-state index is 14.6. The number of aromatic nitrogens is 2. The van der Waals surface area contributed by atoms with Crippen LogP contribution in [0.2, 0.25) is 0 Å². The Kier molecular flexibility index (Phi) is 19.4. The lowest BCUT2D eigenvalue weighted by Gasteiger charge is -2.41. The Labute approximate surface area is 302 Å². The number of hydrogen-bond donors (Lipinski definition) is 0. The van der Waals surface area contributed by atoms with Gasteiger partial charge in [-0.15, -0.1) is 0 Å². The third kappa shape index (κ3) is 12.4. The highest BCUT2D eigenvalue weighted by molar-refractivity contribution is 5.13. The summed E-state index contributed by atoms with van der Waals surface area (Å²) in [5.41, 5.74) is 0. The zero-order valence-electron chi connectivity index (χ0n) is 27.9. The van der Waals surface area contributed by atoms with Gasteiger partial charge in [0, 0.05) is 12.8 Å². The van der Waals surface area contributed by atoms with Crippen LogP contribution in [0.4, 0.5) is 74.6 Å². The SMILES string of the molecule is CCCCCCCCCCCCCCCCCC[n+]1ccn(C(F)(F)C(F)(F)C(F)(F)C(F)(F)C(F)(F)C(F)(F)C(F)(F)CCC(F)(F)F)c1.[I-]. The van der Waals surface area contributed by atoms with E-state index in [4.69, 9.17) is 0 Å². The molecule has 0 saturated heterocycles. The van der Waals surface area contributed by atoms with Crippen LogP contribution in [0.5, 0.6) is 0 Å². The van der Waals surface area contributed by atoms with Gasteiger partial charge in [0.1, 0.15) is 12.4 Å². The highest BCUT2D eigenvalue weighted by atomic mass is 127. The molecule has 0 aliphatic heterocycles. The molecule has 2 nitrogen and oxygen atoms in total. The van der Waals surface area contributed by atoms with Crippen LogP contribution >= 0.6 is 0 Å². The maximum Gasteiger partial charge on any atom is 0.469 e. The molecule has 1 aromatic rings.